The lowest BCUT2D eigenvalue weighted by molar-refractivity contribution is 0.586. The standard InChI is InChI=1S/C17H15ClF3N3S/c18-9-1-2-15(11-3-5-12(19)6-4-11)23-24-17(25)22-16-8-7-13(20)10-14(16)21/h3-8,10H,1-2,9H2,(H2,22,24,25). The molecule has 2 aromatic rings. The summed E-state index contributed by atoms with van der Waals surface area (Å²) in [4.78, 5) is 0. The Morgan fingerprint density at radius 3 is 2.36 bits per heavy atom. The second-order valence-corrected chi connectivity index (χ2v) is 5.83. The van der Waals surface area contributed by atoms with Crippen LogP contribution in [0, 0.1) is 17.5 Å². The Hall–Kier alpha value is -2.12. The largest absolute Gasteiger partial charge is 0.329 e. The van der Waals surface area contributed by atoms with E-state index in [0.29, 0.717) is 24.4 Å². The summed E-state index contributed by atoms with van der Waals surface area (Å²) in [5.41, 5.74) is 3.98. The van der Waals surface area contributed by atoms with Gasteiger partial charge in [-0.3, -0.25) is 5.43 Å². The van der Waals surface area contributed by atoms with Gasteiger partial charge < -0.3 is 5.32 Å². The number of alkyl halides is 1. The van der Waals surface area contributed by atoms with Gasteiger partial charge in [-0.25, -0.2) is 13.2 Å². The molecule has 8 heteroatoms. The van der Waals surface area contributed by atoms with Crippen molar-refractivity contribution < 1.29 is 13.2 Å². The molecule has 0 aliphatic rings. The van der Waals surface area contributed by atoms with Gasteiger partial charge in [0.05, 0.1) is 11.4 Å². The Morgan fingerprint density at radius 1 is 1.04 bits per heavy atom. The predicted molar refractivity (Wildman–Crippen MR) is 98.6 cm³/mol. The SMILES string of the molecule is Fc1ccc(C(CCCCl)=NNC(=S)Nc2ccc(F)cc2F)cc1. The van der Waals surface area contributed by atoms with Crippen molar-refractivity contribution in [3.8, 4) is 0 Å². The minimum atomic E-state index is -0.769. The average Bonchev–Trinajstić information content (AvgIpc) is 2.58. The molecule has 0 heterocycles. The molecular weight excluding hydrogens is 371 g/mol. The van der Waals surface area contributed by atoms with Crippen LogP contribution in [0.4, 0.5) is 18.9 Å². The molecule has 0 aromatic heterocycles. The van der Waals surface area contributed by atoms with Crippen LogP contribution in [0.25, 0.3) is 0 Å². The van der Waals surface area contributed by atoms with E-state index >= 15 is 0 Å². The van der Waals surface area contributed by atoms with Crippen LogP contribution in [0.3, 0.4) is 0 Å². The number of halogens is 4. The van der Waals surface area contributed by atoms with Gasteiger partial charge >= 0.3 is 0 Å². The Balaban J connectivity index is 2.08. The third kappa shape index (κ3) is 6.03. The second kappa shape index (κ2) is 9.39. The quantitative estimate of drug-likeness (QED) is 0.324. The fraction of sp³-hybridized carbons (Fsp3) is 0.176. The van der Waals surface area contributed by atoms with Crippen molar-refractivity contribution in [2.75, 3.05) is 11.2 Å². The molecule has 2 aromatic carbocycles. The maximum atomic E-state index is 13.6. The Bertz CT molecular complexity index is 766. The fourth-order valence-corrected chi connectivity index (χ4v) is 2.29. The highest BCUT2D eigenvalue weighted by molar-refractivity contribution is 7.80. The molecule has 0 atom stereocenters. The summed E-state index contributed by atoms with van der Waals surface area (Å²) in [6, 6.07) is 8.95. The van der Waals surface area contributed by atoms with Crippen molar-refractivity contribution in [2.45, 2.75) is 12.8 Å². The Morgan fingerprint density at radius 2 is 1.72 bits per heavy atom. The van der Waals surface area contributed by atoms with Crippen LogP contribution in [0.5, 0.6) is 0 Å². The summed E-state index contributed by atoms with van der Waals surface area (Å²) in [7, 11) is 0. The molecule has 0 spiro atoms. The van der Waals surface area contributed by atoms with Crippen molar-refractivity contribution in [2.24, 2.45) is 5.10 Å². The number of thiocarbonyl (C=S) groups is 1. The molecule has 2 N–H and O–H groups in total. The third-order valence-electron chi connectivity index (χ3n) is 3.20. The van der Waals surface area contributed by atoms with Crippen molar-refractivity contribution in [1.29, 1.82) is 0 Å². The number of nitrogens with zero attached hydrogens (tertiary/aromatic N) is 1. The highest BCUT2D eigenvalue weighted by Crippen LogP contribution is 2.15. The number of rotatable bonds is 6. The van der Waals surface area contributed by atoms with Gasteiger partial charge in [0.25, 0.3) is 0 Å². The van der Waals surface area contributed by atoms with Crippen LogP contribution in [-0.2, 0) is 0 Å². The van der Waals surface area contributed by atoms with Gasteiger partial charge in [0, 0.05) is 11.9 Å². The first-order valence-corrected chi connectivity index (χ1v) is 8.34. The molecule has 0 bridgehead atoms. The zero-order valence-corrected chi connectivity index (χ0v) is 14.6. The molecule has 3 nitrogen and oxygen atoms in total. The Kier molecular flexibility index (Phi) is 7.21. The van der Waals surface area contributed by atoms with Crippen molar-refractivity contribution in [3.05, 3.63) is 65.5 Å². The molecule has 132 valence electrons. The van der Waals surface area contributed by atoms with E-state index in [1.54, 1.807) is 12.1 Å². The molecule has 0 radical (unpaired) electrons. The molecule has 0 fully saturated rings. The van der Waals surface area contributed by atoms with E-state index < -0.39 is 11.6 Å². The number of nitrogens with one attached hydrogen (secondary N) is 2. The minimum Gasteiger partial charge on any atom is -0.329 e. The molecule has 0 saturated heterocycles. The molecular formula is C17H15ClF3N3S. The Labute approximate surface area is 153 Å². The van der Waals surface area contributed by atoms with E-state index in [-0.39, 0.29) is 16.6 Å². The van der Waals surface area contributed by atoms with Gasteiger partial charge in [0.1, 0.15) is 17.5 Å². The van der Waals surface area contributed by atoms with Crippen LogP contribution in [0.1, 0.15) is 18.4 Å². The number of hydrogen-bond donors (Lipinski definition) is 2. The maximum Gasteiger partial charge on any atom is 0.191 e. The van der Waals surface area contributed by atoms with E-state index in [1.165, 1.54) is 18.2 Å². The highest BCUT2D eigenvalue weighted by Gasteiger charge is 2.07. The smallest absolute Gasteiger partial charge is 0.191 e. The summed E-state index contributed by atoms with van der Waals surface area (Å²) in [5.74, 6) is -1.35. The molecule has 0 saturated carbocycles. The summed E-state index contributed by atoms with van der Waals surface area (Å²) >= 11 is 10.8. The lowest BCUT2D eigenvalue weighted by atomic mass is 10.1. The van der Waals surface area contributed by atoms with Gasteiger partial charge in [-0.05, 0) is 54.9 Å². The van der Waals surface area contributed by atoms with E-state index in [9.17, 15) is 13.2 Å². The highest BCUT2D eigenvalue weighted by atomic mass is 35.5. The fourth-order valence-electron chi connectivity index (χ4n) is 2.00. The van der Waals surface area contributed by atoms with Crippen LogP contribution in [0.2, 0.25) is 0 Å². The van der Waals surface area contributed by atoms with Gasteiger partial charge in [0.2, 0.25) is 0 Å². The van der Waals surface area contributed by atoms with Crippen molar-refractivity contribution in [3.63, 3.8) is 0 Å². The number of hydrazone groups is 1. The number of hydrogen-bond acceptors (Lipinski definition) is 2. The molecule has 0 amide bonds. The van der Waals surface area contributed by atoms with E-state index in [4.69, 9.17) is 23.8 Å². The first-order chi connectivity index (χ1) is 12.0. The average molecular weight is 386 g/mol. The normalized spacial score (nSPS) is 11.3. The van der Waals surface area contributed by atoms with Gasteiger partial charge in [-0.15, -0.1) is 11.6 Å². The van der Waals surface area contributed by atoms with Gasteiger partial charge in [-0.2, -0.15) is 5.10 Å². The van der Waals surface area contributed by atoms with Crippen LogP contribution >= 0.6 is 23.8 Å². The van der Waals surface area contributed by atoms with Crippen LogP contribution in [0.15, 0.2) is 47.6 Å². The maximum absolute atomic E-state index is 13.6. The summed E-state index contributed by atoms with van der Waals surface area (Å²) in [6.07, 6.45) is 1.22. The summed E-state index contributed by atoms with van der Waals surface area (Å²) in [6.45, 7) is 0. The number of anilines is 1. The summed E-state index contributed by atoms with van der Waals surface area (Å²) in [5, 5.41) is 6.82. The monoisotopic (exact) mass is 385 g/mol. The predicted octanol–water partition coefficient (Wildman–Crippen LogP) is 4.81. The van der Waals surface area contributed by atoms with Gasteiger partial charge in [0.15, 0.2) is 5.11 Å². The lowest BCUT2D eigenvalue weighted by Gasteiger charge is -2.10. The molecule has 0 aliphatic heterocycles. The van der Waals surface area contributed by atoms with Gasteiger partial charge in [-0.1, -0.05) is 12.1 Å². The molecule has 0 unspecified atom stereocenters. The molecule has 2 rings (SSSR count). The second-order valence-electron chi connectivity index (χ2n) is 5.05. The van der Waals surface area contributed by atoms with Crippen LogP contribution < -0.4 is 10.7 Å². The van der Waals surface area contributed by atoms with Crippen LogP contribution in [-0.4, -0.2) is 16.7 Å². The molecule has 0 aliphatic carbocycles. The van der Waals surface area contributed by atoms with Crippen molar-refractivity contribution >= 4 is 40.3 Å². The minimum absolute atomic E-state index is 0.0261. The van der Waals surface area contributed by atoms with E-state index in [0.717, 1.165) is 17.7 Å². The number of benzene rings is 2. The third-order valence-corrected chi connectivity index (χ3v) is 3.66. The topological polar surface area (TPSA) is 36.4 Å². The zero-order chi connectivity index (χ0) is 18.2. The van der Waals surface area contributed by atoms with Crippen molar-refractivity contribution in [1.82, 2.24) is 5.43 Å². The first kappa shape index (κ1) is 19.2. The zero-order valence-electron chi connectivity index (χ0n) is 13.0. The lowest BCUT2D eigenvalue weighted by Crippen LogP contribution is -2.26. The first-order valence-electron chi connectivity index (χ1n) is 7.40. The van der Waals surface area contributed by atoms with E-state index in [1.807, 2.05) is 0 Å². The molecule has 25 heavy (non-hydrogen) atoms. The van der Waals surface area contributed by atoms with E-state index in [2.05, 4.69) is 15.8 Å². The summed E-state index contributed by atoms with van der Waals surface area (Å²) < 4.78 is 39.6.